The van der Waals surface area contributed by atoms with E-state index in [-0.39, 0.29) is 6.04 Å². The lowest BCUT2D eigenvalue weighted by molar-refractivity contribution is 0.176. The van der Waals surface area contributed by atoms with Crippen LogP contribution in [0.1, 0.15) is 23.6 Å². The Morgan fingerprint density at radius 2 is 2.35 bits per heavy atom. The van der Waals surface area contributed by atoms with Crippen molar-refractivity contribution in [2.75, 3.05) is 20.3 Å². The van der Waals surface area contributed by atoms with Gasteiger partial charge >= 0.3 is 0 Å². The van der Waals surface area contributed by atoms with E-state index >= 15 is 0 Å². The topological polar surface area (TPSA) is 56.5 Å². The summed E-state index contributed by atoms with van der Waals surface area (Å²) in [5.74, 6) is 6.99. The van der Waals surface area contributed by atoms with E-state index in [2.05, 4.69) is 24.5 Å². The van der Waals surface area contributed by atoms with Gasteiger partial charge < -0.3 is 9.47 Å². The summed E-state index contributed by atoms with van der Waals surface area (Å²) in [6.07, 6.45) is 1.03. The van der Waals surface area contributed by atoms with Crippen LogP contribution in [-0.2, 0) is 4.74 Å². The van der Waals surface area contributed by atoms with E-state index < -0.39 is 0 Å². The van der Waals surface area contributed by atoms with Crippen LogP contribution < -0.4 is 16.0 Å². The van der Waals surface area contributed by atoms with Crippen molar-refractivity contribution in [1.29, 1.82) is 0 Å². The average molecular weight is 236 g/mol. The normalized spacial score (nSPS) is 21.5. The van der Waals surface area contributed by atoms with Gasteiger partial charge in [-0.15, -0.1) is 0 Å². The van der Waals surface area contributed by atoms with E-state index in [0.717, 1.165) is 30.9 Å². The van der Waals surface area contributed by atoms with Gasteiger partial charge in [-0.3, -0.25) is 11.3 Å². The first-order valence-corrected chi connectivity index (χ1v) is 5.94. The number of nitrogens with two attached hydrogens (primary N) is 1. The van der Waals surface area contributed by atoms with Crippen molar-refractivity contribution in [1.82, 2.24) is 5.43 Å². The van der Waals surface area contributed by atoms with Gasteiger partial charge in [-0.2, -0.15) is 0 Å². The molecule has 1 saturated heterocycles. The number of hydrogen-bond acceptors (Lipinski definition) is 4. The van der Waals surface area contributed by atoms with E-state index in [1.165, 1.54) is 5.56 Å². The van der Waals surface area contributed by atoms with E-state index in [1.54, 1.807) is 7.11 Å². The molecule has 0 saturated carbocycles. The Labute approximate surface area is 102 Å². The molecule has 1 aliphatic rings. The molecule has 2 unspecified atom stereocenters. The molecule has 0 amide bonds. The summed E-state index contributed by atoms with van der Waals surface area (Å²) in [6.45, 7) is 3.62. The highest BCUT2D eigenvalue weighted by Crippen LogP contribution is 2.34. The summed E-state index contributed by atoms with van der Waals surface area (Å²) in [5.41, 5.74) is 5.19. The largest absolute Gasteiger partial charge is 0.496 e. The summed E-state index contributed by atoms with van der Waals surface area (Å²) in [5, 5.41) is 0. The second-order valence-corrected chi connectivity index (χ2v) is 4.51. The van der Waals surface area contributed by atoms with Gasteiger partial charge in [0.15, 0.2) is 0 Å². The molecule has 1 fully saturated rings. The zero-order valence-corrected chi connectivity index (χ0v) is 10.4. The zero-order chi connectivity index (χ0) is 12.3. The molecule has 1 heterocycles. The van der Waals surface area contributed by atoms with Crippen LogP contribution in [0, 0.1) is 12.8 Å². The molecule has 2 atom stereocenters. The van der Waals surface area contributed by atoms with Crippen LogP contribution in [0.3, 0.4) is 0 Å². The van der Waals surface area contributed by atoms with Crippen molar-refractivity contribution in [3.8, 4) is 5.75 Å². The van der Waals surface area contributed by atoms with Crippen LogP contribution in [0.4, 0.5) is 0 Å². The number of nitrogens with one attached hydrogen (secondary N) is 1. The third-order valence-corrected chi connectivity index (χ3v) is 3.34. The van der Waals surface area contributed by atoms with Gasteiger partial charge in [0.1, 0.15) is 5.75 Å². The van der Waals surface area contributed by atoms with Crippen LogP contribution in [0.25, 0.3) is 0 Å². The predicted octanol–water partition coefficient (Wildman–Crippen LogP) is 1.54. The SMILES string of the molecule is COc1cc(C)ccc1C(NN)C1CCOC1. The van der Waals surface area contributed by atoms with Gasteiger partial charge in [0.25, 0.3) is 0 Å². The van der Waals surface area contributed by atoms with Gasteiger partial charge in [-0.1, -0.05) is 12.1 Å². The van der Waals surface area contributed by atoms with Crippen molar-refractivity contribution < 1.29 is 9.47 Å². The third kappa shape index (κ3) is 2.60. The van der Waals surface area contributed by atoms with Crippen molar-refractivity contribution in [2.45, 2.75) is 19.4 Å². The fraction of sp³-hybridized carbons (Fsp3) is 0.538. The Bertz CT molecular complexity index is 376. The Hall–Kier alpha value is -1.10. The highest BCUT2D eigenvalue weighted by molar-refractivity contribution is 5.39. The molecular formula is C13H20N2O2. The van der Waals surface area contributed by atoms with Crippen molar-refractivity contribution >= 4 is 0 Å². The van der Waals surface area contributed by atoms with Gasteiger partial charge in [0.2, 0.25) is 0 Å². The maximum atomic E-state index is 5.69. The molecule has 1 aromatic carbocycles. The first-order chi connectivity index (χ1) is 8.26. The lowest BCUT2D eigenvalue weighted by Gasteiger charge is -2.24. The van der Waals surface area contributed by atoms with Crippen molar-refractivity contribution in [3.05, 3.63) is 29.3 Å². The number of methoxy groups -OCH3 is 1. The second kappa shape index (κ2) is 5.49. The first kappa shape index (κ1) is 12.4. The van der Waals surface area contributed by atoms with Gasteiger partial charge in [0, 0.05) is 18.1 Å². The fourth-order valence-corrected chi connectivity index (χ4v) is 2.37. The zero-order valence-electron chi connectivity index (χ0n) is 10.4. The lowest BCUT2D eigenvalue weighted by atomic mass is 9.91. The molecule has 1 aliphatic heterocycles. The maximum Gasteiger partial charge on any atom is 0.123 e. The highest BCUT2D eigenvalue weighted by Gasteiger charge is 2.28. The molecule has 2 rings (SSSR count). The van der Waals surface area contributed by atoms with E-state index in [4.69, 9.17) is 15.3 Å². The molecule has 1 aromatic rings. The molecule has 0 aromatic heterocycles. The van der Waals surface area contributed by atoms with Gasteiger partial charge in [0.05, 0.1) is 19.8 Å². The monoisotopic (exact) mass is 236 g/mol. The highest BCUT2D eigenvalue weighted by atomic mass is 16.5. The molecular weight excluding hydrogens is 216 g/mol. The standard InChI is InChI=1S/C13H20N2O2/c1-9-3-4-11(12(7-9)16-2)13(15-14)10-5-6-17-8-10/h3-4,7,10,13,15H,5-6,8,14H2,1-2H3. The summed E-state index contributed by atoms with van der Waals surface area (Å²) in [7, 11) is 1.69. The molecule has 0 radical (unpaired) electrons. The van der Waals surface area contributed by atoms with Gasteiger partial charge in [-0.25, -0.2) is 0 Å². The number of benzene rings is 1. The van der Waals surface area contributed by atoms with Crippen molar-refractivity contribution in [3.63, 3.8) is 0 Å². The Kier molecular flexibility index (Phi) is 3.99. The second-order valence-electron chi connectivity index (χ2n) is 4.51. The predicted molar refractivity (Wildman–Crippen MR) is 66.7 cm³/mol. The smallest absolute Gasteiger partial charge is 0.123 e. The number of rotatable bonds is 4. The molecule has 3 N–H and O–H groups in total. The van der Waals surface area contributed by atoms with Crippen LogP contribution >= 0.6 is 0 Å². The number of hydrogen-bond donors (Lipinski definition) is 2. The molecule has 94 valence electrons. The summed E-state index contributed by atoms with van der Waals surface area (Å²) < 4.78 is 10.9. The summed E-state index contributed by atoms with van der Waals surface area (Å²) in [6, 6.07) is 6.29. The summed E-state index contributed by atoms with van der Waals surface area (Å²) in [4.78, 5) is 0. The number of ether oxygens (including phenoxy) is 2. The molecule has 0 bridgehead atoms. The van der Waals surface area contributed by atoms with Crippen molar-refractivity contribution in [2.24, 2.45) is 11.8 Å². The van der Waals surface area contributed by atoms with Crippen LogP contribution in [0.5, 0.6) is 5.75 Å². The number of hydrazine groups is 1. The Balaban J connectivity index is 2.29. The quantitative estimate of drug-likeness (QED) is 0.615. The van der Waals surface area contributed by atoms with Crippen LogP contribution in [0.15, 0.2) is 18.2 Å². The minimum atomic E-state index is 0.0908. The van der Waals surface area contributed by atoms with E-state index in [0.29, 0.717) is 5.92 Å². The minimum absolute atomic E-state index is 0.0908. The number of aryl methyl sites for hydroxylation is 1. The van der Waals surface area contributed by atoms with E-state index in [9.17, 15) is 0 Å². The lowest BCUT2D eigenvalue weighted by Crippen LogP contribution is -2.34. The first-order valence-electron chi connectivity index (χ1n) is 5.94. The molecule has 17 heavy (non-hydrogen) atoms. The third-order valence-electron chi connectivity index (χ3n) is 3.34. The van der Waals surface area contributed by atoms with Gasteiger partial charge in [-0.05, 0) is 25.0 Å². The Morgan fingerprint density at radius 1 is 1.53 bits per heavy atom. The molecule has 4 heteroatoms. The fourth-order valence-electron chi connectivity index (χ4n) is 2.37. The van der Waals surface area contributed by atoms with Crippen LogP contribution in [0.2, 0.25) is 0 Å². The van der Waals surface area contributed by atoms with Crippen LogP contribution in [-0.4, -0.2) is 20.3 Å². The Morgan fingerprint density at radius 3 is 2.94 bits per heavy atom. The minimum Gasteiger partial charge on any atom is -0.496 e. The maximum absolute atomic E-state index is 5.69. The average Bonchev–Trinajstić information content (AvgIpc) is 2.85. The molecule has 4 nitrogen and oxygen atoms in total. The molecule has 0 spiro atoms. The molecule has 0 aliphatic carbocycles. The van der Waals surface area contributed by atoms with E-state index in [1.807, 2.05) is 6.07 Å². The summed E-state index contributed by atoms with van der Waals surface area (Å²) >= 11 is 0.